The maximum Gasteiger partial charge on any atom is 0.405 e. The third-order valence-corrected chi connectivity index (χ3v) is 6.52. The van der Waals surface area contributed by atoms with Crippen LogP contribution in [0.1, 0.15) is 29.6 Å². The van der Waals surface area contributed by atoms with Crippen LogP contribution < -0.4 is 10.6 Å². The Morgan fingerprint density at radius 2 is 1.77 bits per heavy atom. The summed E-state index contributed by atoms with van der Waals surface area (Å²) in [6.45, 7) is -1.98. The van der Waals surface area contributed by atoms with Crippen molar-refractivity contribution in [3.63, 3.8) is 0 Å². The molecule has 0 bridgehead atoms. The van der Waals surface area contributed by atoms with Gasteiger partial charge in [0.2, 0.25) is 10.0 Å². The molecule has 0 aliphatic carbocycles. The van der Waals surface area contributed by atoms with Crippen molar-refractivity contribution in [2.45, 2.75) is 30.3 Å². The summed E-state index contributed by atoms with van der Waals surface area (Å²) < 4.78 is 67.6. The van der Waals surface area contributed by atoms with Gasteiger partial charge in [-0.25, -0.2) is 18.0 Å². The van der Waals surface area contributed by atoms with E-state index in [4.69, 9.17) is 11.6 Å². The Hall–Kier alpha value is -2.38. The number of urea groups is 1. The molecule has 1 fully saturated rings. The Labute approximate surface area is 180 Å². The number of halogens is 4. The van der Waals surface area contributed by atoms with E-state index in [0.717, 1.165) is 12.5 Å². The first-order valence-corrected chi connectivity index (χ1v) is 10.8. The van der Waals surface area contributed by atoms with E-state index < -0.39 is 47.3 Å². The van der Waals surface area contributed by atoms with Crippen molar-refractivity contribution in [1.29, 1.82) is 0 Å². The molecule has 0 spiro atoms. The number of nitrogens with one attached hydrogen (secondary N) is 2. The van der Waals surface area contributed by atoms with Crippen LogP contribution in [0.15, 0.2) is 23.1 Å². The molecular weight excluding hydrogens is 467 g/mol. The Kier molecular flexibility index (Phi) is 8.26. The molecule has 0 saturated carbocycles. The molecule has 0 atom stereocenters. The minimum atomic E-state index is -4.66. The molecule has 0 aromatic heterocycles. The van der Waals surface area contributed by atoms with Crippen molar-refractivity contribution in [3.05, 3.63) is 28.8 Å². The van der Waals surface area contributed by atoms with Gasteiger partial charge >= 0.3 is 18.2 Å². The third kappa shape index (κ3) is 7.36. The first-order chi connectivity index (χ1) is 14.4. The monoisotopic (exact) mass is 485 g/mol. The van der Waals surface area contributed by atoms with Gasteiger partial charge in [0, 0.05) is 13.1 Å². The number of piperidine rings is 1. The molecule has 14 heteroatoms. The zero-order valence-electron chi connectivity index (χ0n) is 16.0. The number of carbonyl (C=O) groups is 3. The minimum absolute atomic E-state index is 0.0961. The highest BCUT2D eigenvalue weighted by molar-refractivity contribution is 7.89. The second-order valence-electron chi connectivity index (χ2n) is 6.53. The van der Waals surface area contributed by atoms with E-state index in [-0.39, 0.29) is 15.5 Å². The molecule has 1 aromatic carbocycles. The summed E-state index contributed by atoms with van der Waals surface area (Å²) in [5.74, 6) is -2.26. The van der Waals surface area contributed by atoms with Gasteiger partial charge in [0.1, 0.15) is 11.4 Å². The van der Waals surface area contributed by atoms with Gasteiger partial charge in [-0.2, -0.15) is 17.5 Å². The van der Waals surface area contributed by atoms with E-state index in [1.807, 2.05) is 0 Å². The van der Waals surface area contributed by atoms with E-state index >= 15 is 0 Å². The zero-order chi connectivity index (χ0) is 23.2. The fourth-order valence-corrected chi connectivity index (χ4v) is 4.69. The SMILES string of the molecule is O=C(COC(=O)c1ccc(Cl)c(S(=O)(=O)N2CCCCC2)c1)NC(=O)NCC(F)(F)F. The van der Waals surface area contributed by atoms with Crippen LogP contribution in [0.25, 0.3) is 0 Å². The third-order valence-electron chi connectivity index (χ3n) is 4.14. The number of sulfonamides is 1. The first kappa shape index (κ1) is 24.9. The van der Waals surface area contributed by atoms with Gasteiger partial charge in [-0.15, -0.1) is 0 Å². The maximum atomic E-state index is 12.8. The van der Waals surface area contributed by atoms with Crippen LogP contribution in [0.5, 0.6) is 0 Å². The molecule has 172 valence electrons. The lowest BCUT2D eigenvalue weighted by Crippen LogP contribution is -2.44. The molecule has 1 saturated heterocycles. The molecule has 9 nitrogen and oxygen atoms in total. The van der Waals surface area contributed by atoms with Gasteiger partial charge in [0.05, 0.1) is 10.6 Å². The predicted molar refractivity (Wildman–Crippen MR) is 102 cm³/mol. The number of rotatable bonds is 6. The Bertz CT molecular complexity index is 949. The molecule has 2 N–H and O–H groups in total. The van der Waals surface area contributed by atoms with Crippen LogP contribution in [-0.4, -0.2) is 63.0 Å². The summed E-state index contributed by atoms with van der Waals surface area (Å²) in [6, 6.07) is 1.98. The first-order valence-electron chi connectivity index (χ1n) is 9.01. The number of imide groups is 1. The second-order valence-corrected chi connectivity index (χ2v) is 8.85. The zero-order valence-corrected chi connectivity index (χ0v) is 17.6. The molecule has 31 heavy (non-hydrogen) atoms. The highest BCUT2D eigenvalue weighted by Gasteiger charge is 2.30. The fraction of sp³-hybridized carbons (Fsp3) is 0.471. The predicted octanol–water partition coefficient (Wildman–Crippen LogP) is 2.06. The van der Waals surface area contributed by atoms with E-state index in [9.17, 15) is 36.0 Å². The number of hydrogen-bond donors (Lipinski definition) is 2. The van der Waals surface area contributed by atoms with Gasteiger partial charge < -0.3 is 10.1 Å². The van der Waals surface area contributed by atoms with Gasteiger partial charge in [0.15, 0.2) is 6.61 Å². The topological polar surface area (TPSA) is 122 Å². The van der Waals surface area contributed by atoms with Crippen molar-refractivity contribution in [2.75, 3.05) is 26.2 Å². The summed E-state index contributed by atoms with van der Waals surface area (Å²) in [4.78, 5) is 34.6. The summed E-state index contributed by atoms with van der Waals surface area (Å²) in [5.41, 5.74) is -0.214. The summed E-state index contributed by atoms with van der Waals surface area (Å²) in [6.07, 6.45) is -2.36. The number of nitrogens with zero attached hydrogens (tertiary/aromatic N) is 1. The number of ether oxygens (including phenoxy) is 1. The van der Waals surface area contributed by atoms with Gasteiger partial charge in [0.25, 0.3) is 5.91 Å². The quantitative estimate of drug-likeness (QED) is 0.595. The molecule has 1 aromatic rings. The second kappa shape index (κ2) is 10.3. The molecular formula is C17H19ClF3N3O6S. The van der Waals surface area contributed by atoms with Crippen LogP contribution in [0.4, 0.5) is 18.0 Å². The highest BCUT2D eigenvalue weighted by atomic mass is 35.5. The van der Waals surface area contributed by atoms with Crippen LogP contribution in [0, 0.1) is 0 Å². The Morgan fingerprint density at radius 3 is 2.39 bits per heavy atom. The molecule has 0 radical (unpaired) electrons. The normalized spacial score (nSPS) is 15.2. The van der Waals surface area contributed by atoms with Gasteiger partial charge in [-0.3, -0.25) is 10.1 Å². The molecule has 0 unspecified atom stereocenters. The summed E-state index contributed by atoms with van der Waals surface area (Å²) in [5, 5.41) is 2.87. The Morgan fingerprint density at radius 1 is 1.13 bits per heavy atom. The largest absolute Gasteiger partial charge is 0.452 e. The van der Waals surface area contributed by atoms with Crippen LogP contribution >= 0.6 is 11.6 Å². The number of alkyl halides is 3. The molecule has 2 rings (SSSR count). The summed E-state index contributed by atoms with van der Waals surface area (Å²) >= 11 is 6.00. The lowest BCUT2D eigenvalue weighted by atomic mass is 10.2. The average molecular weight is 486 g/mol. The lowest BCUT2D eigenvalue weighted by Gasteiger charge is -2.26. The number of carbonyl (C=O) groups excluding carboxylic acids is 3. The van der Waals surface area contributed by atoms with Crippen LogP contribution in [0.3, 0.4) is 0 Å². The molecule has 1 aliphatic rings. The van der Waals surface area contributed by atoms with Gasteiger partial charge in [-0.1, -0.05) is 18.0 Å². The summed E-state index contributed by atoms with van der Waals surface area (Å²) in [7, 11) is -3.94. The van der Waals surface area contributed by atoms with Crippen molar-refractivity contribution < 1.29 is 40.7 Å². The van der Waals surface area contributed by atoms with Gasteiger partial charge in [-0.05, 0) is 31.0 Å². The smallest absolute Gasteiger partial charge is 0.405 e. The maximum absolute atomic E-state index is 12.8. The molecule has 1 aliphatic heterocycles. The van der Waals surface area contributed by atoms with E-state index in [1.54, 1.807) is 5.32 Å². The molecule has 1 heterocycles. The van der Waals surface area contributed by atoms with Crippen LogP contribution in [0.2, 0.25) is 5.02 Å². The van der Waals surface area contributed by atoms with E-state index in [1.165, 1.54) is 21.8 Å². The number of esters is 1. The van der Waals surface area contributed by atoms with E-state index in [0.29, 0.717) is 25.9 Å². The highest BCUT2D eigenvalue weighted by Crippen LogP contribution is 2.28. The minimum Gasteiger partial charge on any atom is -0.452 e. The standard InChI is InChI=1S/C17H19ClF3N3O6S/c18-12-5-4-11(8-13(12)31(28,29)24-6-2-1-3-7-24)15(26)30-9-14(25)23-16(27)22-10-17(19,20)21/h4-5,8H,1-3,6-7,9-10H2,(H2,22,23,25,27). The fourth-order valence-electron chi connectivity index (χ4n) is 2.67. The number of amides is 3. The van der Waals surface area contributed by atoms with Crippen molar-refractivity contribution in [3.8, 4) is 0 Å². The van der Waals surface area contributed by atoms with Crippen molar-refractivity contribution in [2.24, 2.45) is 0 Å². The lowest BCUT2D eigenvalue weighted by molar-refractivity contribution is -0.125. The number of hydrogen-bond acceptors (Lipinski definition) is 6. The molecule has 3 amide bonds. The van der Waals surface area contributed by atoms with Crippen LogP contribution in [-0.2, 0) is 19.6 Å². The average Bonchev–Trinajstić information content (AvgIpc) is 2.71. The number of benzene rings is 1. The Balaban J connectivity index is 1.99. The van der Waals surface area contributed by atoms with Crippen molar-refractivity contribution in [1.82, 2.24) is 14.9 Å². The van der Waals surface area contributed by atoms with E-state index in [2.05, 4.69) is 4.74 Å². The van der Waals surface area contributed by atoms with Crippen molar-refractivity contribution >= 4 is 39.5 Å².